The average molecular weight is 270 g/mol. The molecule has 6 nitrogen and oxygen atoms in total. The van der Waals surface area contributed by atoms with E-state index in [0.717, 1.165) is 16.2 Å². The van der Waals surface area contributed by atoms with E-state index in [1.54, 1.807) is 0 Å². The van der Waals surface area contributed by atoms with E-state index >= 15 is 0 Å². The highest BCUT2D eigenvalue weighted by Crippen LogP contribution is 2.28. The van der Waals surface area contributed by atoms with Crippen LogP contribution in [-0.2, 0) is 10.0 Å². The van der Waals surface area contributed by atoms with Gasteiger partial charge in [-0.15, -0.1) is 0 Å². The molecule has 1 rings (SSSR count). The molecule has 9 heteroatoms. The second-order valence-electron chi connectivity index (χ2n) is 2.73. The van der Waals surface area contributed by atoms with E-state index in [0.29, 0.717) is 0 Å². The van der Waals surface area contributed by atoms with E-state index < -0.39 is 15.4 Å². The Morgan fingerprint density at radius 1 is 1.60 bits per heavy atom. The number of nitrogens with two attached hydrogens (primary N) is 1. The predicted octanol–water partition coefficient (Wildman–Crippen LogP) is 0.894. The second kappa shape index (κ2) is 4.05. The largest absolute Gasteiger partial charge is 0.322 e. The third-order valence-corrected chi connectivity index (χ3v) is 4.59. The van der Waals surface area contributed by atoms with Crippen LogP contribution in [0.5, 0.6) is 0 Å². The quantitative estimate of drug-likeness (QED) is 0.637. The Morgan fingerprint density at radius 3 is 2.47 bits per heavy atom. The molecule has 0 saturated heterocycles. The fourth-order valence-corrected chi connectivity index (χ4v) is 2.89. The van der Waals surface area contributed by atoms with E-state index in [-0.39, 0.29) is 15.0 Å². The Morgan fingerprint density at radius 2 is 2.13 bits per heavy atom. The van der Waals surface area contributed by atoms with Gasteiger partial charge in [0, 0.05) is 7.05 Å². The van der Waals surface area contributed by atoms with Gasteiger partial charge in [-0.2, -0.15) is 0 Å². The molecule has 1 heterocycles. The van der Waals surface area contributed by atoms with Crippen LogP contribution in [0.2, 0.25) is 0 Å². The van der Waals surface area contributed by atoms with E-state index in [2.05, 4.69) is 4.98 Å². The van der Waals surface area contributed by atoms with Crippen molar-refractivity contribution in [2.24, 2.45) is 5.14 Å². The van der Waals surface area contributed by atoms with E-state index in [1.165, 1.54) is 14.0 Å². The van der Waals surface area contributed by atoms with Gasteiger partial charge in [-0.25, -0.2) is 18.5 Å². The van der Waals surface area contributed by atoms with E-state index in [1.807, 2.05) is 0 Å². The zero-order valence-corrected chi connectivity index (χ0v) is 10.3. The van der Waals surface area contributed by atoms with Crippen molar-refractivity contribution in [3.63, 3.8) is 0 Å². The molecule has 0 bridgehead atoms. The van der Waals surface area contributed by atoms with Crippen molar-refractivity contribution in [2.75, 3.05) is 11.9 Å². The maximum Gasteiger partial charge on any atom is 0.322 e. The second-order valence-corrected chi connectivity index (χ2v) is 5.78. The lowest BCUT2D eigenvalue weighted by Gasteiger charge is -2.07. The summed E-state index contributed by atoms with van der Waals surface area (Å²) >= 11 is 6.01. The molecular formula is C6H8ClN3O3S2. The van der Waals surface area contributed by atoms with Crippen molar-refractivity contribution in [1.82, 2.24) is 4.98 Å². The smallest absolute Gasteiger partial charge is 0.277 e. The highest BCUT2D eigenvalue weighted by molar-refractivity contribution is 7.91. The van der Waals surface area contributed by atoms with Gasteiger partial charge in [-0.3, -0.25) is 9.69 Å². The van der Waals surface area contributed by atoms with Gasteiger partial charge < -0.3 is 0 Å². The van der Waals surface area contributed by atoms with Crippen molar-refractivity contribution in [2.45, 2.75) is 11.1 Å². The molecule has 0 saturated carbocycles. The zero-order chi connectivity index (χ0) is 11.8. The third kappa shape index (κ3) is 2.65. The Kier molecular flexibility index (Phi) is 3.34. The predicted molar refractivity (Wildman–Crippen MR) is 57.9 cm³/mol. The standard InChI is InChI=1S/C6H8ClN3O3S2/c1-3-4(15(8,12)13)14-6(9-3)10(2)5(7)11/h1-2H3,(H2,8,12,13). The summed E-state index contributed by atoms with van der Waals surface area (Å²) in [6.07, 6.45) is 0. The maximum atomic E-state index is 11.1. The van der Waals surface area contributed by atoms with Crippen LogP contribution in [0.4, 0.5) is 9.93 Å². The van der Waals surface area contributed by atoms with Crippen LogP contribution >= 0.6 is 22.9 Å². The van der Waals surface area contributed by atoms with Crippen molar-refractivity contribution in [3.8, 4) is 0 Å². The highest BCUT2D eigenvalue weighted by atomic mass is 35.5. The molecule has 0 fully saturated rings. The molecule has 1 amide bonds. The summed E-state index contributed by atoms with van der Waals surface area (Å²) in [6, 6.07) is 0. The molecule has 0 aliphatic heterocycles. The van der Waals surface area contributed by atoms with Gasteiger partial charge >= 0.3 is 5.37 Å². The van der Waals surface area contributed by atoms with Gasteiger partial charge in [0.05, 0.1) is 5.69 Å². The molecule has 1 aromatic rings. The fraction of sp³-hybridized carbons (Fsp3) is 0.333. The number of thiazole rings is 1. The average Bonchev–Trinajstić information content (AvgIpc) is 2.44. The molecule has 0 aromatic carbocycles. The first kappa shape index (κ1) is 12.4. The first-order valence-corrected chi connectivity index (χ1v) is 6.41. The van der Waals surface area contributed by atoms with Crippen molar-refractivity contribution in [3.05, 3.63) is 5.69 Å². The molecule has 1 aromatic heterocycles. The van der Waals surface area contributed by atoms with Gasteiger partial charge in [0.15, 0.2) is 9.34 Å². The van der Waals surface area contributed by atoms with E-state index in [4.69, 9.17) is 16.7 Å². The number of carbonyl (C=O) groups is 1. The Bertz CT molecular complexity index is 496. The van der Waals surface area contributed by atoms with Crippen molar-refractivity contribution in [1.29, 1.82) is 0 Å². The molecule has 0 atom stereocenters. The van der Waals surface area contributed by atoms with Gasteiger partial charge in [0.1, 0.15) is 0 Å². The molecule has 0 aliphatic carbocycles. The number of aromatic nitrogens is 1. The summed E-state index contributed by atoms with van der Waals surface area (Å²) in [6.45, 7) is 1.49. The van der Waals surface area contributed by atoms with Crippen LogP contribution < -0.4 is 10.0 Å². The number of halogens is 1. The first-order valence-electron chi connectivity index (χ1n) is 3.67. The normalized spacial score (nSPS) is 11.5. The van der Waals surface area contributed by atoms with Gasteiger partial charge in [0.25, 0.3) is 0 Å². The summed E-state index contributed by atoms with van der Waals surface area (Å²) < 4.78 is 22.1. The number of sulfonamides is 1. The summed E-state index contributed by atoms with van der Waals surface area (Å²) in [5.41, 5.74) is 0.252. The Balaban J connectivity index is 3.23. The first-order chi connectivity index (χ1) is 6.73. The summed E-state index contributed by atoms with van der Waals surface area (Å²) in [5, 5.41) is 4.40. The molecule has 0 unspecified atom stereocenters. The molecular weight excluding hydrogens is 262 g/mol. The number of amides is 1. The number of hydrogen-bond donors (Lipinski definition) is 1. The van der Waals surface area contributed by atoms with Gasteiger partial charge in [-0.05, 0) is 18.5 Å². The number of aryl methyl sites for hydroxylation is 1. The lowest BCUT2D eigenvalue weighted by Crippen LogP contribution is -2.19. The number of primary sulfonamides is 1. The molecule has 0 spiro atoms. The Hall–Kier alpha value is -0.700. The van der Waals surface area contributed by atoms with Gasteiger partial charge in [-0.1, -0.05) is 11.3 Å². The minimum atomic E-state index is -3.80. The molecule has 2 N–H and O–H groups in total. The zero-order valence-electron chi connectivity index (χ0n) is 7.89. The molecule has 15 heavy (non-hydrogen) atoms. The molecule has 84 valence electrons. The molecule has 0 aliphatic rings. The van der Waals surface area contributed by atoms with E-state index in [9.17, 15) is 13.2 Å². The van der Waals surface area contributed by atoms with Crippen LogP contribution in [0.25, 0.3) is 0 Å². The summed E-state index contributed by atoms with van der Waals surface area (Å²) in [4.78, 5) is 15.7. The van der Waals surface area contributed by atoms with Crippen LogP contribution in [0.1, 0.15) is 5.69 Å². The maximum absolute atomic E-state index is 11.1. The Labute approximate surface area is 95.7 Å². The van der Waals surface area contributed by atoms with Gasteiger partial charge in [0.2, 0.25) is 10.0 Å². The van der Waals surface area contributed by atoms with Crippen molar-refractivity contribution < 1.29 is 13.2 Å². The number of anilines is 1. The lowest BCUT2D eigenvalue weighted by atomic mass is 10.6. The number of hydrogen-bond acceptors (Lipinski definition) is 5. The SMILES string of the molecule is Cc1nc(N(C)C(=O)Cl)sc1S(N)(=O)=O. The van der Waals surface area contributed by atoms with Crippen LogP contribution in [-0.4, -0.2) is 25.8 Å². The van der Waals surface area contributed by atoms with Crippen LogP contribution in [0.3, 0.4) is 0 Å². The number of carbonyl (C=O) groups excluding carboxylic acids is 1. The monoisotopic (exact) mass is 269 g/mol. The number of rotatable bonds is 2. The van der Waals surface area contributed by atoms with Crippen LogP contribution in [0, 0.1) is 6.92 Å². The number of nitrogens with zero attached hydrogens (tertiary/aromatic N) is 2. The minimum Gasteiger partial charge on any atom is -0.277 e. The van der Waals surface area contributed by atoms with Crippen molar-refractivity contribution >= 4 is 43.5 Å². The van der Waals surface area contributed by atoms with Crippen LogP contribution in [0.15, 0.2) is 4.21 Å². The topological polar surface area (TPSA) is 93.4 Å². The molecule has 0 radical (unpaired) electrons. The fourth-order valence-electron chi connectivity index (χ4n) is 0.851. The highest BCUT2D eigenvalue weighted by Gasteiger charge is 2.21. The lowest BCUT2D eigenvalue weighted by molar-refractivity contribution is 0.265. The third-order valence-electron chi connectivity index (χ3n) is 1.55. The minimum absolute atomic E-state index is 0.0673. The summed E-state index contributed by atoms with van der Waals surface area (Å²) in [7, 11) is -2.41. The summed E-state index contributed by atoms with van der Waals surface area (Å²) in [5.74, 6) is 0.